The number of nitrogens with zero attached hydrogens (tertiary/aromatic N) is 2. The van der Waals surface area contributed by atoms with Crippen LogP contribution in [-0.4, -0.2) is 37.5 Å². The van der Waals surface area contributed by atoms with Gasteiger partial charge >= 0.3 is 5.97 Å². The summed E-state index contributed by atoms with van der Waals surface area (Å²) in [5, 5.41) is 0.651. The van der Waals surface area contributed by atoms with Crippen molar-refractivity contribution in [3.63, 3.8) is 0 Å². The fraction of sp³-hybridized carbons (Fsp3) is 0.270. The van der Waals surface area contributed by atoms with Crippen LogP contribution in [0.5, 0.6) is 23.0 Å². The van der Waals surface area contributed by atoms with Gasteiger partial charge in [0, 0.05) is 16.8 Å². The van der Waals surface area contributed by atoms with Crippen LogP contribution in [0, 0.1) is 0 Å². The maximum absolute atomic E-state index is 14.2. The monoisotopic (exact) mass is 688 g/mol. The standard InChI is InChI=1S/C37H37ClN2O7S/c1-6-10-26-17-24(18-31(46-9-4)34(26)47-22-23-11-14-27(38)15-12-23)19-32-35(41)40-33(28(36(42)43-5)21-39-37(40)48-32)25-13-16-29(44-7-2)30(20-25)45-8-3/h6,11-21,33H,1,7-10,22H2,2-5H3/b32-19-/t33-/m1/s1. The SMILES string of the molecule is C=CCc1cc(/C=c2\sc3n(c2=O)[C@H](c2ccc(OCC)c(OCC)c2)C(C(=O)OC)=CN=3)cc(OCC)c1OCc1ccc(Cl)cc1. The molecule has 0 radical (unpaired) electrons. The van der Waals surface area contributed by atoms with Crippen molar-refractivity contribution in [2.24, 2.45) is 4.99 Å². The van der Waals surface area contributed by atoms with Gasteiger partial charge in [0.1, 0.15) is 6.61 Å². The maximum Gasteiger partial charge on any atom is 0.337 e. The number of fused-ring (bicyclic) bond motifs is 1. The Labute approximate surface area is 288 Å². The van der Waals surface area contributed by atoms with Crippen molar-refractivity contribution in [1.29, 1.82) is 0 Å². The van der Waals surface area contributed by atoms with E-state index >= 15 is 0 Å². The lowest BCUT2D eigenvalue weighted by molar-refractivity contribution is -0.136. The predicted molar refractivity (Wildman–Crippen MR) is 187 cm³/mol. The zero-order chi connectivity index (χ0) is 34.2. The topological polar surface area (TPSA) is 97.6 Å². The molecule has 1 atom stereocenters. The molecule has 0 spiro atoms. The van der Waals surface area contributed by atoms with Crippen LogP contribution in [-0.2, 0) is 22.6 Å². The van der Waals surface area contributed by atoms with Gasteiger partial charge in [-0.15, -0.1) is 6.58 Å². The summed E-state index contributed by atoms with van der Waals surface area (Å²) < 4.78 is 30.9. The van der Waals surface area contributed by atoms with Gasteiger partial charge in [-0.1, -0.05) is 47.2 Å². The molecule has 0 saturated carbocycles. The summed E-state index contributed by atoms with van der Waals surface area (Å²) in [6.45, 7) is 11.2. The Kier molecular flexibility index (Phi) is 11.4. The van der Waals surface area contributed by atoms with Crippen LogP contribution in [0.4, 0.5) is 0 Å². The molecular weight excluding hydrogens is 652 g/mol. The van der Waals surface area contributed by atoms with Gasteiger partial charge in [-0.25, -0.2) is 9.79 Å². The first kappa shape index (κ1) is 34.5. The molecule has 0 amide bonds. The Morgan fingerprint density at radius 3 is 2.35 bits per heavy atom. The Balaban J connectivity index is 1.61. The van der Waals surface area contributed by atoms with E-state index in [1.165, 1.54) is 29.2 Å². The summed E-state index contributed by atoms with van der Waals surface area (Å²) in [7, 11) is 1.30. The summed E-state index contributed by atoms with van der Waals surface area (Å²) in [4.78, 5) is 32.1. The fourth-order valence-electron chi connectivity index (χ4n) is 5.38. The molecule has 3 aromatic carbocycles. The van der Waals surface area contributed by atoms with Gasteiger partial charge in [0.25, 0.3) is 5.56 Å². The number of carbonyl (C=O) groups excluding carboxylic acids is 1. The number of hydrogen-bond donors (Lipinski definition) is 0. The van der Waals surface area contributed by atoms with Crippen molar-refractivity contribution in [2.75, 3.05) is 26.9 Å². The van der Waals surface area contributed by atoms with Crippen LogP contribution < -0.4 is 33.8 Å². The number of thiazole rings is 1. The summed E-state index contributed by atoms with van der Waals surface area (Å²) >= 11 is 7.28. The van der Waals surface area contributed by atoms with E-state index in [2.05, 4.69) is 11.6 Å². The molecule has 4 aromatic rings. The average molecular weight is 689 g/mol. The second-order valence-corrected chi connectivity index (χ2v) is 12.0. The highest BCUT2D eigenvalue weighted by Gasteiger charge is 2.31. The van der Waals surface area contributed by atoms with E-state index in [1.54, 1.807) is 24.3 Å². The number of methoxy groups -OCH3 is 1. The quantitative estimate of drug-likeness (QED) is 0.115. The number of halogens is 1. The van der Waals surface area contributed by atoms with Crippen LogP contribution >= 0.6 is 22.9 Å². The Hall–Kier alpha value is -4.80. The van der Waals surface area contributed by atoms with Crippen LogP contribution in [0.2, 0.25) is 5.02 Å². The molecule has 1 aliphatic rings. The first-order chi connectivity index (χ1) is 23.3. The lowest BCUT2D eigenvalue weighted by atomic mass is 9.97. The molecular formula is C37H37ClN2O7S. The number of ether oxygens (including phenoxy) is 5. The zero-order valence-corrected chi connectivity index (χ0v) is 28.9. The molecule has 48 heavy (non-hydrogen) atoms. The Morgan fingerprint density at radius 2 is 1.67 bits per heavy atom. The highest BCUT2D eigenvalue weighted by molar-refractivity contribution is 7.07. The van der Waals surface area contributed by atoms with E-state index in [0.29, 0.717) is 75.8 Å². The van der Waals surface area contributed by atoms with E-state index in [9.17, 15) is 9.59 Å². The van der Waals surface area contributed by atoms with Crippen molar-refractivity contribution in [1.82, 2.24) is 4.57 Å². The molecule has 5 rings (SSSR count). The van der Waals surface area contributed by atoms with Crippen molar-refractivity contribution in [2.45, 2.75) is 39.8 Å². The number of aromatic nitrogens is 1. The first-order valence-electron chi connectivity index (χ1n) is 15.6. The summed E-state index contributed by atoms with van der Waals surface area (Å²) in [5.41, 5.74) is 3.11. The number of benzene rings is 3. The van der Waals surface area contributed by atoms with Gasteiger partial charge in [-0.2, -0.15) is 0 Å². The lowest BCUT2D eigenvalue weighted by Gasteiger charge is -2.23. The van der Waals surface area contributed by atoms with Gasteiger partial charge in [0.2, 0.25) is 0 Å². The van der Waals surface area contributed by atoms with Crippen molar-refractivity contribution in [3.05, 3.63) is 126 Å². The average Bonchev–Trinajstić information content (AvgIpc) is 3.40. The van der Waals surface area contributed by atoms with Crippen LogP contribution in [0.25, 0.3) is 6.08 Å². The van der Waals surface area contributed by atoms with Crippen molar-refractivity contribution >= 4 is 35.0 Å². The zero-order valence-electron chi connectivity index (χ0n) is 27.3. The van der Waals surface area contributed by atoms with E-state index < -0.39 is 12.0 Å². The minimum absolute atomic E-state index is 0.220. The number of carbonyl (C=O) groups is 1. The third kappa shape index (κ3) is 7.50. The summed E-state index contributed by atoms with van der Waals surface area (Å²) in [6, 6.07) is 15.8. The van der Waals surface area contributed by atoms with Crippen LogP contribution in [0.15, 0.2) is 88.8 Å². The number of allylic oxidation sites excluding steroid dienone is 1. The lowest BCUT2D eigenvalue weighted by Crippen LogP contribution is -2.39. The van der Waals surface area contributed by atoms with E-state index in [1.807, 2.05) is 63.2 Å². The highest BCUT2D eigenvalue weighted by atomic mass is 35.5. The van der Waals surface area contributed by atoms with Crippen molar-refractivity contribution in [3.8, 4) is 23.0 Å². The molecule has 9 nitrogen and oxygen atoms in total. The van der Waals surface area contributed by atoms with Gasteiger partial charge in [0.15, 0.2) is 27.8 Å². The highest BCUT2D eigenvalue weighted by Crippen LogP contribution is 2.36. The Morgan fingerprint density at radius 1 is 0.958 bits per heavy atom. The van der Waals surface area contributed by atoms with Crippen LogP contribution in [0.3, 0.4) is 0 Å². The minimum atomic E-state index is -0.801. The molecule has 0 bridgehead atoms. The van der Waals surface area contributed by atoms with Crippen LogP contribution in [0.1, 0.15) is 49.1 Å². The summed E-state index contributed by atoms with van der Waals surface area (Å²) in [6.07, 6.45) is 5.57. The normalized spacial score (nSPS) is 14.0. The second kappa shape index (κ2) is 15.9. The Bertz CT molecular complexity index is 2010. The predicted octanol–water partition coefficient (Wildman–Crippen LogP) is 6.18. The molecule has 11 heteroatoms. The molecule has 1 aliphatic heterocycles. The number of rotatable bonds is 14. The third-order valence-electron chi connectivity index (χ3n) is 7.42. The van der Waals surface area contributed by atoms with Gasteiger partial charge in [-0.05, 0) is 86.4 Å². The van der Waals surface area contributed by atoms with Gasteiger partial charge in [-0.3, -0.25) is 9.36 Å². The molecule has 0 unspecified atom stereocenters. The maximum atomic E-state index is 14.2. The first-order valence-corrected chi connectivity index (χ1v) is 16.8. The van der Waals surface area contributed by atoms with Crippen molar-refractivity contribution < 1.29 is 28.5 Å². The molecule has 0 aliphatic carbocycles. The van der Waals surface area contributed by atoms with E-state index in [-0.39, 0.29) is 11.1 Å². The van der Waals surface area contributed by atoms with Gasteiger partial charge < -0.3 is 23.7 Å². The molecule has 250 valence electrons. The molecule has 2 heterocycles. The minimum Gasteiger partial charge on any atom is -0.490 e. The van der Waals surface area contributed by atoms with E-state index in [4.69, 9.17) is 35.3 Å². The molecule has 0 saturated heterocycles. The fourth-order valence-corrected chi connectivity index (χ4v) is 6.47. The van der Waals surface area contributed by atoms with E-state index in [0.717, 1.165) is 16.7 Å². The molecule has 0 N–H and O–H groups in total. The third-order valence-corrected chi connectivity index (χ3v) is 8.67. The van der Waals surface area contributed by atoms with Gasteiger partial charge in [0.05, 0.1) is 43.1 Å². The smallest absolute Gasteiger partial charge is 0.337 e. The number of hydrogen-bond acceptors (Lipinski definition) is 9. The summed E-state index contributed by atoms with van der Waals surface area (Å²) in [5.74, 6) is 1.65. The molecule has 1 aromatic heterocycles. The molecule has 0 fully saturated rings. The number of esters is 1. The largest absolute Gasteiger partial charge is 0.490 e. The second-order valence-electron chi connectivity index (χ2n) is 10.6.